The number of ether oxygens (including phenoxy) is 1. The molecule has 1 aromatic carbocycles. The molecule has 1 aromatic heterocycles. The molecular formula is C19H20N2O6. The van der Waals surface area contributed by atoms with Crippen molar-refractivity contribution in [3.8, 4) is 5.75 Å². The van der Waals surface area contributed by atoms with E-state index in [1.54, 1.807) is 28.0 Å². The number of rotatable bonds is 5. The Morgan fingerprint density at radius 3 is 2.30 bits per heavy atom. The highest BCUT2D eigenvalue weighted by Crippen LogP contribution is 2.21. The SMILES string of the molecule is CCOc1ccccc1C(=O)N1CCN(C(=O)c2cc(C(=O)O)co2)CC1. The van der Waals surface area contributed by atoms with Crippen LogP contribution in [0.3, 0.4) is 0 Å². The number of carbonyl (C=O) groups is 3. The summed E-state index contributed by atoms with van der Waals surface area (Å²) in [5.41, 5.74) is 0.427. The molecule has 0 spiro atoms. The van der Waals surface area contributed by atoms with Crippen LogP contribution in [-0.2, 0) is 0 Å². The maximum atomic E-state index is 12.8. The van der Waals surface area contributed by atoms with E-state index in [2.05, 4.69) is 0 Å². The third kappa shape index (κ3) is 3.94. The summed E-state index contributed by atoms with van der Waals surface area (Å²) in [5.74, 6) is -1.16. The lowest BCUT2D eigenvalue weighted by atomic mass is 10.1. The van der Waals surface area contributed by atoms with Gasteiger partial charge in [0.25, 0.3) is 11.8 Å². The summed E-state index contributed by atoms with van der Waals surface area (Å²) in [4.78, 5) is 39.3. The fraction of sp³-hybridized carbons (Fsp3) is 0.316. The number of furan rings is 1. The molecule has 27 heavy (non-hydrogen) atoms. The molecule has 1 N–H and O–H groups in total. The van der Waals surface area contributed by atoms with Gasteiger partial charge in [0.2, 0.25) is 0 Å². The minimum atomic E-state index is -1.15. The van der Waals surface area contributed by atoms with Crippen molar-refractivity contribution in [2.45, 2.75) is 6.92 Å². The summed E-state index contributed by atoms with van der Waals surface area (Å²) < 4.78 is 10.6. The van der Waals surface area contributed by atoms with Crippen molar-refractivity contribution >= 4 is 17.8 Å². The molecule has 8 nitrogen and oxygen atoms in total. The smallest absolute Gasteiger partial charge is 0.338 e. The van der Waals surface area contributed by atoms with Crippen LogP contribution < -0.4 is 4.74 Å². The molecule has 0 unspecified atom stereocenters. The normalized spacial score (nSPS) is 14.1. The Bertz CT molecular complexity index is 851. The molecule has 3 rings (SSSR count). The van der Waals surface area contributed by atoms with Crippen LogP contribution in [-0.4, -0.2) is 65.5 Å². The van der Waals surface area contributed by atoms with Gasteiger partial charge in [0.15, 0.2) is 5.76 Å². The summed E-state index contributed by atoms with van der Waals surface area (Å²) in [6, 6.07) is 8.29. The number of benzene rings is 1. The van der Waals surface area contributed by atoms with Crippen molar-refractivity contribution in [3.05, 3.63) is 53.5 Å². The third-order valence-corrected chi connectivity index (χ3v) is 4.33. The summed E-state index contributed by atoms with van der Waals surface area (Å²) in [7, 11) is 0. The average Bonchev–Trinajstić information content (AvgIpc) is 3.18. The van der Waals surface area contributed by atoms with Gasteiger partial charge in [-0.1, -0.05) is 12.1 Å². The average molecular weight is 372 g/mol. The van der Waals surface area contributed by atoms with Crippen molar-refractivity contribution in [2.75, 3.05) is 32.8 Å². The first-order valence-electron chi connectivity index (χ1n) is 8.63. The second kappa shape index (κ2) is 7.94. The lowest BCUT2D eigenvalue weighted by Gasteiger charge is -2.34. The maximum Gasteiger partial charge on any atom is 0.338 e. The van der Waals surface area contributed by atoms with Gasteiger partial charge in [-0.15, -0.1) is 0 Å². The lowest BCUT2D eigenvalue weighted by Crippen LogP contribution is -2.50. The van der Waals surface area contributed by atoms with E-state index in [9.17, 15) is 14.4 Å². The zero-order valence-corrected chi connectivity index (χ0v) is 14.9. The van der Waals surface area contributed by atoms with Gasteiger partial charge >= 0.3 is 5.97 Å². The molecule has 2 heterocycles. The number of hydrogen-bond acceptors (Lipinski definition) is 5. The molecule has 8 heteroatoms. The van der Waals surface area contributed by atoms with Crippen molar-refractivity contribution < 1.29 is 28.6 Å². The zero-order chi connectivity index (χ0) is 19.4. The van der Waals surface area contributed by atoms with E-state index in [-0.39, 0.29) is 23.1 Å². The molecule has 0 saturated carbocycles. The molecular weight excluding hydrogens is 352 g/mol. The van der Waals surface area contributed by atoms with Gasteiger partial charge in [-0.05, 0) is 19.1 Å². The second-order valence-corrected chi connectivity index (χ2v) is 6.02. The van der Waals surface area contributed by atoms with Crippen molar-refractivity contribution in [2.24, 2.45) is 0 Å². The van der Waals surface area contributed by atoms with Crippen LogP contribution in [0.4, 0.5) is 0 Å². The summed E-state index contributed by atoms with van der Waals surface area (Å²) in [6.45, 7) is 3.74. The number of hydrogen-bond donors (Lipinski definition) is 1. The Balaban J connectivity index is 1.64. The van der Waals surface area contributed by atoms with Crippen LogP contribution in [0.1, 0.15) is 38.2 Å². The predicted molar refractivity (Wildman–Crippen MR) is 95.1 cm³/mol. The monoisotopic (exact) mass is 372 g/mol. The molecule has 2 aromatic rings. The second-order valence-electron chi connectivity index (χ2n) is 6.02. The number of carbonyl (C=O) groups excluding carboxylic acids is 2. The van der Waals surface area contributed by atoms with E-state index in [0.29, 0.717) is 44.1 Å². The Hall–Kier alpha value is -3.29. The molecule has 0 atom stereocenters. The van der Waals surface area contributed by atoms with Crippen molar-refractivity contribution in [1.29, 1.82) is 0 Å². The fourth-order valence-electron chi connectivity index (χ4n) is 2.92. The maximum absolute atomic E-state index is 12.8. The minimum absolute atomic E-state index is 0.0196. The molecule has 142 valence electrons. The largest absolute Gasteiger partial charge is 0.493 e. The van der Waals surface area contributed by atoms with Crippen LogP contribution in [0.25, 0.3) is 0 Å². The van der Waals surface area contributed by atoms with Crippen LogP contribution in [0, 0.1) is 0 Å². The Morgan fingerprint density at radius 2 is 1.70 bits per heavy atom. The number of aromatic carboxylic acids is 1. The number of carboxylic acids is 1. The quantitative estimate of drug-likeness (QED) is 0.861. The molecule has 0 radical (unpaired) electrons. The topological polar surface area (TPSA) is 100 Å². The highest BCUT2D eigenvalue weighted by molar-refractivity contribution is 5.98. The zero-order valence-electron chi connectivity index (χ0n) is 14.9. The van der Waals surface area contributed by atoms with E-state index in [4.69, 9.17) is 14.3 Å². The highest BCUT2D eigenvalue weighted by Gasteiger charge is 2.28. The minimum Gasteiger partial charge on any atom is -0.493 e. The van der Waals surface area contributed by atoms with Crippen molar-refractivity contribution in [1.82, 2.24) is 9.80 Å². The summed E-state index contributed by atoms with van der Waals surface area (Å²) >= 11 is 0. The first kappa shape index (κ1) is 18.5. The standard InChI is InChI=1S/C19H20N2O6/c1-2-26-15-6-4-3-5-14(15)17(22)20-7-9-21(10-8-20)18(23)16-11-13(12-27-16)19(24)25/h3-6,11-12H,2,7-10H2,1H3,(H,24,25). The van der Waals surface area contributed by atoms with Crippen LogP contribution in [0.2, 0.25) is 0 Å². The Kier molecular flexibility index (Phi) is 5.44. The van der Waals surface area contributed by atoms with E-state index in [1.165, 1.54) is 6.07 Å². The lowest BCUT2D eigenvalue weighted by molar-refractivity contribution is 0.0516. The Labute approximate surface area is 155 Å². The van der Waals surface area contributed by atoms with Gasteiger partial charge in [-0.3, -0.25) is 9.59 Å². The Morgan fingerprint density at radius 1 is 1.07 bits per heavy atom. The van der Waals surface area contributed by atoms with Crippen LogP contribution >= 0.6 is 0 Å². The molecule has 1 aliphatic rings. The molecule has 1 aliphatic heterocycles. The third-order valence-electron chi connectivity index (χ3n) is 4.33. The number of nitrogens with zero attached hydrogens (tertiary/aromatic N) is 2. The van der Waals surface area contributed by atoms with E-state index >= 15 is 0 Å². The number of carboxylic acid groups (broad SMARTS) is 1. The van der Waals surface area contributed by atoms with E-state index in [0.717, 1.165) is 6.26 Å². The molecule has 2 amide bonds. The molecule has 1 saturated heterocycles. The molecule has 0 aliphatic carbocycles. The summed E-state index contributed by atoms with van der Waals surface area (Å²) in [6.07, 6.45) is 1.04. The van der Waals surface area contributed by atoms with Crippen molar-refractivity contribution in [3.63, 3.8) is 0 Å². The number of para-hydroxylation sites is 1. The number of amides is 2. The van der Waals surface area contributed by atoms with Gasteiger partial charge in [0.05, 0.1) is 17.7 Å². The van der Waals surface area contributed by atoms with E-state index in [1.807, 2.05) is 13.0 Å². The predicted octanol–water partition coefficient (Wildman–Crippen LogP) is 1.97. The van der Waals surface area contributed by atoms with Gasteiger partial charge in [-0.2, -0.15) is 0 Å². The van der Waals surface area contributed by atoms with Gasteiger partial charge in [0, 0.05) is 32.2 Å². The highest BCUT2D eigenvalue weighted by atomic mass is 16.5. The van der Waals surface area contributed by atoms with Crippen LogP contribution in [0.5, 0.6) is 5.75 Å². The van der Waals surface area contributed by atoms with Gasteiger partial charge < -0.3 is 24.1 Å². The number of piperazine rings is 1. The first-order valence-corrected chi connectivity index (χ1v) is 8.63. The fourth-order valence-corrected chi connectivity index (χ4v) is 2.92. The van der Waals surface area contributed by atoms with Gasteiger partial charge in [-0.25, -0.2) is 4.79 Å². The van der Waals surface area contributed by atoms with Gasteiger partial charge in [0.1, 0.15) is 12.0 Å². The first-order chi connectivity index (χ1) is 13.0. The molecule has 1 fully saturated rings. The van der Waals surface area contributed by atoms with E-state index < -0.39 is 5.97 Å². The van der Waals surface area contributed by atoms with Crippen LogP contribution in [0.15, 0.2) is 41.0 Å². The summed E-state index contributed by atoms with van der Waals surface area (Å²) in [5, 5.41) is 8.92. The molecule has 0 bridgehead atoms.